The highest BCUT2D eigenvalue weighted by molar-refractivity contribution is 7.99. The van der Waals surface area contributed by atoms with E-state index in [0.29, 0.717) is 10.8 Å². The number of nitrogens with one attached hydrogen (secondary N) is 1. The summed E-state index contributed by atoms with van der Waals surface area (Å²) in [6.45, 7) is 2.81. The second-order valence-corrected chi connectivity index (χ2v) is 6.11. The molecule has 18 heavy (non-hydrogen) atoms. The van der Waals surface area contributed by atoms with Gasteiger partial charge in [0.2, 0.25) is 0 Å². The SMILES string of the molecule is Cc1cc(NCC2CCCCS2)ccc1C(=O)O. The summed E-state index contributed by atoms with van der Waals surface area (Å²) in [5.41, 5.74) is 2.21. The fourth-order valence-electron chi connectivity index (χ4n) is 2.21. The van der Waals surface area contributed by atoms with E-state index >= 15 is 0 Å². The molecule has 1 aromatic carbocycles. The Kier molecular flexibility index (Phi) is 4.53. The molecule has 1 atom stereocenters. The molecule has 1 unspecified atom stereocenters. The Morgan fingerprint density at radius 2 is 2.33 bits per heavy atom. The molecule has 2 N–H and O–H groups in total. The lowest BCUT2D eigenvalue weighted by Crippen LogP contribution is -2.20. The second-order valence-electron chi connectivity index (χ2n) is 4.70. The number of aryl methyl sites for hydroxylation is 1. The van der Waals surface area contributed by atoms with Gasteiger partial charge in [0.05, 0.1) is 5.56 Å². The minimum Gasteiger partial charge on any atom is -0.478 e. The summed E-state index contributed by atoms with van der Waals surface area (Å²) >= 11 is 2.04. The van der Waals surface area contributed by atoms with Gasteiger partial charge in [-0.25, -0.2) is 4.79 Å². The Balaban J connectivity index is 1.93. The standard InChI is InChI=1S/C14H19NO2S/c1-10-8-11(5-6-13(10)14(16)17)15-9-12-4-2-3-7-18-12/h5-6,8,12,15H,2-4,7,9H2,1H3,(H,16,17). The van der Waals surface area contributed by atoms with E-state index in [-0.39, 0.29) is 0 Å². The predicted molar refractivity (Wildman–Crippen MR) is 76.7 cm³/mol. The van der Waals surface area contributed by atoms with E-state index in [1.807, 2.05) is 30.8 Å². The van der Waals surface area contributed by atoms with Crippen molar-refractivity contribution in [3.63, 3.8) is 0 Å². The van der Waals surface area contributed by atoms with Crippen LogP contribution in [-0.4, -0.2) is 28.6 Å². The number of carboxylic acid groups (broad SMARTS) is 1. The van der Waals surface area contributed by atoms with Crippen molar-refractivity contribution in [3.8, 4) is 0 Å². The maximum atomic E-state index is 10.9. The molecule has 1 aliphatic rings. The Morgan fingerprint density at radius 1 is 1.50 bits per heavy atom. The van der Waals surface area contributed by atoms with Gasteiger partial charge in [0.25, 0.3) is 0 Å². The first-order valence-corrected chi connectivity index (χ1v) is 7.41. The summed E-state index contributed by atoms with van der Waals surface area (Å²) < 4.78 is 0. The van der Waals surface area contributed by atoms with Crippen LogP contribution in [0.1, 0.15) is 35.2 Å². The molecule has 1 saturated heterocycles. The van der Waals surface area contributed by atoms with Crippen molar-refractivity contribution >= 4 is 23.4 Å². The van der Waals surface area contributed by atoms with Crippen LogP contribution in [-0.2, 0) is 0 Å². The molecule has 98 valence electrons. The lowest BCUT2D eigenvalue weighted by Gasteiger charge is -2.22. The van der Waals surface area contributed by atoms with E-state index in [1.165, 1.54) is 25.0 Å². The van der Waals surface area contributed by atoms with Gasteiger partial charge in [-0.2, -0.15) is 11.8 Å². The summed E-state index contributed by atoms with van der Waals surface area (Å²) in [5.74, 6) is 0.408. The van der Waals surface area contributed by atoms with Gasteiger partial charge >= 0.3 is 5.97 Å². The highest BCUT2D eigenvalue weighted by Crippen LogP contribution is 2.25. The topological polar surface area (TPSA) is 49.3 Å². The highest BCUT2D eigenvalue weighted by Gasteiger charge is 2.13. The van der Waals surface area contributed by atoms with Crippen LogP contribution in [0.25, 0.3) is 0 Å². The van der Waals surface area contributed by atoms with Crippen molar-refractivity contribution in [2.75, 3.05) is 17.6 Å². The number of carbonyl (C=O) groups is 1. The minimum absolute atomic E-state index is 0.382. The zero-order valence-electron chi connectivity index (χ0n) is 10.6. The maximum absolute atomic E-state index is 10.9. The van der Waals surface area contributed by atoms with Gasteiger partial charge < -0.3 is 10.4 Å². The number of hydrogen-bond acceptors (Lipinski definition) is 3. The van der Waals surface area contributed by atoms with Gasteiger partial charge in [-0.05, 0) is 49.3 Å². The highest BCUT2D eigenvalue weighted by atomic mass is 32.2. The lowest BCUT2D eigenvalue weighted by atomic mass is 10.1. The largest absolute Gasteiger partial charge is 0.478 e. The number of rotatable bonds is 4. The third-order valence-corrected chi connectivity index (χ3v) is 4.66. The predicted octanol–water partition coefficient (Wildman–Crippen LogP) is 3.39. The van der Waals surface area contributed by atoms with Crippen LogP contribution in [0.4, 0.5) is 5.69 Å². The maximum Gasteiger partial charge on any atom is 0.335 e. The third kappa shape index (κ3) is 3.42. The molecule has 0 amide bonds. The van der Waals surface area contributed by atoms with Crippen molar-refractivity contribution in [2.45, 2.75) is 31.4 Å². The Morgan fingerprint density at radius 3 is 2.94 bits per heavy atom. The third-order valence-electron chi connectivity index (χ3n) is 3.26. The normalized spacial score (nSPS) is 19.5. The number of aromatic carboxylic acids is 1. The summed E-state index contributed by atoms with van der Waals surface area (Å²) in [5, 5.41) is 13.1. The van der Waals surface area contributed by atoms with Gasteiger partial charge in [0.15, 0.2) is 0 Å². The zero-order chi connectivity index (χ0) is 13.0. The summed E-state index contributed by atoms with van der Waals surface area (Å²) in [6, 6.07) is 5.44. The first-order valence-electron chi connectivity index (χ1n) is 6.36. The minimum atomic E-state index is -0.859. The van der Waals surface area contributed by atoms with E-state index in [9.17, 15) is 4.79 Å². The van der Waals surface area contributed by atoms with Crippen LogP contribution in [0.3, 0.4) is 0 Å². The monoisotopic (exact) mass is 265 g/mol. The molecule has 1 aromatic rings. The van der Waals surface area contributed by atoms with Crippen LogP contribution in [0.2, 0.25) is 0 Å². The second kappa shape index (κ2) is 6.14. The molecule has 0 bridgehead atoms. The van der Waals surface area contributed by atoms with E-state index < -0.39 is 5.97 Å². The molecule has 1 fully saturated rings. The lowest BCUT2D eigenvalue weighted by molar-refractivity contribution is 0.0696. The average molecular weight is 265 g/mol. The fraction of sp³-hybridized carbons (Fsp3) is 0.500. The fourth-order valence-corrected chi connectivity index (χ4v) is 3.45. The van der Waals surface area contributed by atoms with E-state index in [0.717, 1.165) is 17.8 Å². The first-order chi connectivity index (χ1) is 8.66. The van der Waals surface area contributed by atoms with Gasteiger partial charge in [0.1, 0.15) is 0 Å². The zero-order valence-corrected chi connectivity index (χ0v) is 11.4. The van der Waals surface area contributed by atoms with Crippen LogP contribution < -0.4 is 5.32 Å². The van der Waals surface area contributed by atoms with Crippen molar-refractivity contribution < 1.29 is 9.90 Å². The number of benzene rings is 1. The van der Waals surface area contributed by atoms with E-state index in [2.05, 4.69) is 5.32 Å². The number of anilines is 1. The molecule has 0 spiro atoms. The van der Waals surface area contributed by atoms with Crippen LogP contribution in [0, 0.1) is 6.92 Å². The van der Waals surface area contributed by atoms with Crippen molar-refractivity contribution in [1.29, 1.82) is 0 Å². The van der Waals surface area contributed by atoms with Crippen molar-refractivity contribution in [1.82, 2.24) is 0 Å². The van der Waals surface area contributed by atoms with Gasteiger partial charge in [-0.3, -0.25) is 0 Å². The quantitative estimate of drug-likeness (QED) is 0.876. The molecule has 0 aliphatic carbocycles. The molecular formula is C14H19NO2S. The van der Waals surface area contributed by atoms with Crippen LogP contribution in [0.5, 0.6) is 0 Å². The van der Waals surface area contributed by atoms with E-state index in [4.69, 9.17) is 5.11 Å². The molecule has 0 saturated carbocycles. The number of thioether (sulfide) groups is 1. The van der Waals surface area contributed by atoms with E-state index in [1.54, 1.807) is 6.07 Å². The van der Waals surface area contributed by atoms with Gasteiger partial charge in [-0.15, -0.1) is 0 Å². The Hall–Kier alpha value is -1.16. The number of hydrogen-bond donors (Lipinski definition) is 2. The number of carboxylic acids is 1. The molecule has 1 aliphatic heterocycles. The summed E-state index contributed by atoms with van der Waals surface area (Å²) in [4.78, 5) is 10.9. The molecule has 2 rings (SSSR count). The van der Waals surface area contributed by atoms with Crippen molar-refractivity contribution in [2.24, 2.45) is 0 Å². The van der Waals surface area contributed by atoms with Crippen LogP contribution >= 0.6 is 11.8 Å². The molecule has 1 heterocycles. The summed E-state index contributed by atoms with van der Waals surface area (Å²) in [6.07, 6.45) is 3.95. The Labute approximate surface area is 112 Å². The molecular weight excluding hydrogens is 246 g/mol. The smallest absolute Gasteiger partial charge is 0.335 e. The van der Waals surface area contributed by atoms with Gasteiger partial charge in [0, 0.05) is 17.5 Å². The first kappa shape index (κ1) is 13.3. The van der Waals surface area contributed by atoms with Crippen LogP contribution in [0.15, 0.2) is 18.2 Å². The molecule has 0 aromatic heterocycles. The molecule has 3 nitrogen and oxygen atoms in total. The summed E-state index contributed by atoms with van der Waals surface area (Å²) in [7, 11) is 0. The average Bonchev–Trinajstić information content (AvgIpc) is 2.37. The molecule has 0 radical (unpaired) electrons. The Bertz CT molecular complexity index is 428. The van der Waals surface area contributed by atoms with Crippen molar-refractivity contribution in [3.05, 3.63) is 29.3 Å². The molecule has 4 heteroatoms. The van der Waals surface area contributed by atoms with Gasteiger partial charge in [-0.1, -0.05) is 6.42 Å².